The largest absolute Gasteiger partial charge is 0.494 e. The van der Waals surface area contributed by atoms with Gasteiger partial charge in [-0.3, -0.25) is 4.79 Å². The molecule has 0 aliphatic carbocycles. The van der Waals surface area contributed by atoms with Gasteiger partial charge in [0.25, 0.3) is 15.9 Å². The van der Waals surface area contributed by atoms with Gasteiger partial charge < -0.3 is 19.2 Å². The number of sulfonamides is 1. The summed E-state index contributed by atoms with van der Waals surface area (Å²) in [7, 11) is -3.79. The molecule has 1 aromatic heterocycles. The van der Waals surface area contributed by atoms with Gasteiger partial charge in [0.1, 0.15) is 5.75 Å². The number of morpholine rings is 1. The Kier molecular flexibility index (Phi) is 6.61. The molecule has 8 nitrogen and oxygen atoms in total. The number of amides is 1. The van der Waals surface area contributed by atoms with E-state index in [1.165, 1.54) is 16.4 Å². The van der Waals surface area contributed by atoms with E-state index >= 15 is 0 Å². The minimum atomic E-state index is -3.79. The summed E-state index contributed by atoms with van der Waals surface area (Å²) < 4.78 is 42.8. The van der Waals surface area contributed by atoms with E-state index < -0.39 is 15.9 Å². The molecule has 9 heteroatoms. The lowest BCUT2D eigenvalue weighted by atomic mass is 10.0. The third-order valence-electron chi connectivity index (χ3n) is 4.65. The monoisotopic (exact) mass is 422 g/mol. The SMILES string of the molecule is CCOc1ccc(C)cc1C(C)NC(=O)c1ccc(S(=O)(=O)N2CCOCC2)o1. The van der Waals surface area contributed by atoms with Gasteiger partial charge >= 0.3 is 0 Å². The summed E-state index contributed by atoms with van der Waals surface area (Å²) in [5.74, 6) is 0.139. The van der Waals surface area contributed by atoms with Crippen LogP contribution in [0.25, 0.3) is 0 Å². The molecule has 2 heterocycles. The number of benzene rings is 1. The van der Waals surface area contributed by atoms with Crippen molar-refractivity contribution >= 4 is 15.9 Å². The fraction of sp³-hybridized carbons (Fsp3) is 0.450. The highest BCUT2D eigenvalue weighted by atomic mass is 32.2. The highest BCUT2D eigenvalue weighted by Gasteiger charge is 2.30. The van der Waals surface area contributed by atoms with Crippen LogP contribution in [0.1, 0.15) is 41.6 Å². The summed E-state index contributed by atoms with van der Waals surface area (Å²) in [5.41, 5.74) is 1.88. The van der Waals surface area contributed by atoms with E-state index in [1.54, 1.807) is 0 Å². The number of hydrogen-bond donors (Lipinski definition) is 1. The van der Waals surface area contributed by atoms with E-state index in [-0.39, 0.29) is 30.0 Å². The van der Waals surface area contributed by atoms with Crippen molar-refractivity contribution in [3.8, 4) is 5.75 Å². The highest BCUT2D eigenvalue weighted by Crippen LogP contribution is 2.27. The molecule has 1 amide bonds. The summed E-state index contributed by atoms with van der Waals surface area (Å²) >= 11 is 0. The zero-order valence-electron chi connectivity index (χ0n) is 16.8. The number of carbonyl (C=O) groups excluding carboxylic acids is 1. The van der Waals surface area contributed by atoms with Crippen LogP contribution in [0.2, 0.25) is 0 Å². The maximum atomic E-state index is 12.6. The average molecular weight is 423 g/mol. The van der Waals surface area contributed by atoms with Crippen LogP contribution in [0.5, 0.6) is 5.75 Å². The lowest BCUT2D eigenvalue weighted by Crippen LogP contribution is -2.40. The first-order valence-corrected chi connectivity index (χ1v) is 11.0. The predicted molar refractivity (Wildman–Crippen MR) is 107 cm³/mol. The molecule has 1 fully saturated rings. The maximum Gasteiger partial charge on any atom is 0.287 e. The van der Waals surface area contributed by atoms with Gasteiger partial charge in [0.2, 0.25) is 5.09 Å². The molecule has 2 aromatic rings. The van der Waals surface area contributed by atoms with Gasteiger partial charge in [0, 0.05) is 18.7 Å². The second kappa shape index (κ2) is 8.98. The minimum Gasteiger partial charge on any atom is -0.494 e. The third kappa shape index (κ3) is 4.80. The zero-order valence-corrected chi connectivity index (χ0v) is 17.6. The molecule has 1 N–H and O–H groups in total. The van der Waals surface area contributed by atoms with Crippen LogP contribution in [0.3, 0.4) is 0 Å². The number of nitrogens with one attached hydrogen (secondary N) is 1. The molecule has 158 valence electrons. The summed E-state index contributed by atoms with van der Waals surface area (Å²) in [6, 6.07) is 8.09. The quantitative estimate of drug-likeness (QED) is 0.736. The number of hydrogen-bond acceptors (Lipinski definition) is 6. The van der Waals surface area contributed by atoms with Crippen LogP contribution in [0, 0.1) is 6.92 Å². The number of nitrogens with zero attached hydrogens (tertiary/aromatic N) is 1. The van der Waals surface area contributed by atoms with Crippen LogP contribution in [0.4, 0.5) is 0 Å². The molecule has 1 aliphatic heterocycles. The van der Waals surface area contributed by atoms with Crippen molar-refractivity contribution in [1.82, 2.24) is 9.62 Å². The summed E-state index contributed by atoms with van der Waals surface area (Å²) in [6.07, 6.45) is 0. The Hall–Kier alpha value is -2.36. The average Bonchev–Trinajstić information content (AvgIpc) is 3.21. The van der Waals surface area contributed by atoms with Gasteiger partial charge in [0.05, 0.1) is 25.9 Å². The summed E-state index contributed by atoms with van der Waals surface area (Å²) in [6.45, 7) is 7.40. The van der Waals surface area contributed by atoms with Gasteiger partial charge in [-0.15, -0.1) is 0 Å². The predicted octanol–water partition coefficient (Wildman–Crippen LogP) is 2.50. The normalized spacial score (nSPS) is 16.4. The Morgan fingerprint density at radius 2 is 1.97 bits per heavy atom. The molecule has 1 aliphatic rings. The first kappa shape index (κ1) is 21.4. The number of rotatable bonds is 7. The molecule has 3 rings (SSSR count). The van der Waals surface area contributed by atoms with Crippen molar-refractivity contribution in [1.29, 1.82) is 0 Å². The lowest BCUT2D eigenvalue weighted by Gasteiger charge is -2.24. The van der Waals surface area contributed by atoms with E-state index in [1.807, 2.05) is 39.0 Å². The fourth-order valence-electron chi connectivity index (χ4n) is 3.13. The van der Waals surface area contributed by atoms with Crippen LogP contribution in [-0.4, -0.2) is 51.5 Å². The Labute approximate surface area is 170 Å². The van der Waals surface area contributed by atoms with Crippen molar-refractivity contribution in [2.75, 3.05) is 32.9 Å². The first-order valence-electron chi connectivity index (χ1n) is 9.55. The van der Waals surface area contributed by atoms with Gasteiger partial charge in [-0.1, -0.05) is 17.7 Å². The minimum absolute atomic E-state index is 0.0608. The summed E-state index contributed by atoms with van der Waals surface area (Å²) in [5, 5.41) is 2.59. The Bertz CT molecular complexity index is 963. The van der Waals surface area contributed by atoms with Gasteiger partial charge in [-0.2, -0.15) is 4.31 Å². The molecule has 0 saturated carbocycles. The topological polar surface area (TPSA) is 98.1 Å². The smallest absolute Gasteiger partial charge is 0.287 e. The second-order valence-electron chi connectivity index (χ2n) is 6.80. The van der Waals surface area contributed by atoms with Crippen molar-refractivity contribution in [2.24, 2.45) is 0 Å². The van der Waals surface area contributed by atoms with Crippen LogP contribution in [-0.2, 0) is 14.8 Å². The molecule has 0 bridgehead atoms. The van der Waals surface area contributed by atoms with Crippen molar-refractivity contribution in [3.05, 3.63) is 47.2 Å². The Balaban J connectivity index is 1.74. The molecule has 1 aromatic carbocycles. The van der Waals surface area contributed by atoms with Gasteiger partial charge in [-0.25, -0.2) is 8.42 Å². The highest BCUT2D eigenvalue weighted by molar-refractivity contribution is 7.89. The standard InChI is InChI=1S/C20H26N2O6S/c1-4-27-17-6-5-14(2)13-16(17)15(3)21-20(23)18-7-8-19(28-18)29(24,25)22-9-11-26-12-10-22/h5-8,13,15H,4,9-12H2,1-3H3,(H,21,23). The lowest BCUT2D eigenvalue weighted by molar-refractivity contribution is 0.0722. The first-order chi connectivity index (χ1) is 13.8. The maximum absolute atomic E-state index is 12.6. The molecule has 0 spiro atoms. The Morgan fingerprint density at radius 3 is 2.66 bits per heavy atom. The van der Waals surface area contributed by atoms with E-state index in [2.05, 4.69) is 5.32 Å². The fourth-order valence-corrected chi connectivity index (χ4v) is 4.45. The molecule has 0 radical (unpaired) electrons. The number of ether oxygens (including phenoxy) is 2. The second-order valence-corrected chi connectivity index (χ2v) is 8.67. The van der Waals surface area contributed by atoms with E-state index in [9.17, 15) is 13.2 Å². The molecule has 1 atom stereocenters. The van der Waals surface area contributed by atoms with Crippen molar-refractivity contribution in [3.63, 3.8) is 0 Å². The molecule has 29 heavy (non-hydrogen) atoms. The van der Waals surface area contributed by atoms with Crippen molar-refractivity contribution in [2.45, 2.75) is 31.9 Å². The Morgan fingerprint density at radius 1 is 1.24 bits per heavy atom. The zero-order chi connectivity index (χ0) is 21.0. The molecule has 1 saturated heterocycles. The van der Waals surface area contributed by atoms with E-state index in [4.69, 9.17) is 13.9 Å². The summed E-state index contributed by atoms with van der Waals surface area (Å²) in [4.78, 5) is 12.6. The van der Waals surface area contributed by atoms with Crippen LogP contribution >= 0.6 is 0 Å². The molecule has 1 unspecified atom stereocenters. The number of aryl methyl sites for hydroxylation is 1. The van der Waals surface area contributed by atoms with Crippen LogP contribution < -0.4 is 10.1 Å². The number of furan rings is 1. The van der Waals surface area contributed by atoms with Crippen LogP contribution in [0.15, 0.2) is 39.8 Å². The molecular weight excluding hydrogens is 396 g/mol. The van der Waals surface area contributed by atoms with E-state index in [0.29, 0.717) is 25.6 Å². The van der Waals surface area contributed by atoms with Gasteiger partial charge in [-0.05, 0) is 39.0 Å². The van der Waals surface area contributed by atoms with Gasteiger partial charge in [0.15, 0.2) is 5.76 Å². The molecular formula is C20H26N2O6S. The third-order valence-corrected chi connectivity index (χ3v) is 6.42. The van der Waals surface area contributed by atoms with Crippen molar-refractivity contribution < 1.29 is 27.1 Å². The number of carbonyl (C=O) groups is 1. The van der Waals surface area contributed by atoms with E-state index in [0.717, 1.165) is 11.1 Å².